The largest absolute Gasteiger partial charge is 0.497 e. The number of piperazine rings is 1. The number of hydrogen-bond acceptors (Lipinski definition) is 6. The van der Waals surface area contributed by atoms with Crippen molar-refractivity contribution < 1.29 is 14.3 Å². The summed E-state index contributed by atoms with van der Waals surface area (Å²) in [7, 11) is 3.29. The third kappa shape index (κ3) is 5.51. The molecule has 3 aromatic rings. The lowest BCUT2D eigenvalue weighted by atomic mass is 10.0. The summed E-state index contributed by atoms with van der Waals surface area (Å²) < 4.78 is 10.7. The van der Waals surface area contributed by atoms with Crippen LogP contribution in [0.4, 0.5) is 11.5 Å². The van der Waals surface area contributed by atoms with Crippen molar-refractivity contribution in [1.29, 1.82) is 0 Å². The molecule has 0 bridgehead atoms. The zero-order valence-electron chi connectivity index (χ0n) is 20.1. The molecule has 2 heterocycles. The van der Waals surface area contributed by atoms with Gasteiger partial charge < -0.3 is 25.0 Å². The third-order valence-corrected chi connectivity index (χ3v) is 6.14. The molecule has 0 aliphatic carbocycles. The number of hydrogen-bond donors (Lipinski definition) is 3. The molecule has 1 fully saturated rings. The molecule has 1 aliphatic heterocycles. The number of anilines is 2. The second kappa shape index (κ2) is 11.1. The minimum atomic E-state index is -0.128. The Morgan fingerprint density at radius 3 is 2.47 bits per heavy atom. The van der Waals surface area contributed by atoms with Crippen LogP contribution in [-0.4, -0.2) is 56.5 Å². The van der Waals surface area contributed by atoms with Gasteiger partial charge >= 0.3 is 0 Å². The van der Waals surface area contributed by atoms with Gasteiger partial charge in [0.15, 0.2) is 0 Å². The van der Waals surface area contributed by atoms with E-state index in [1.807, 2.05) is 36.4 Å². The van der Waals surface area contributed by atoms with E-state index < -0.39 is 0 Å². The van der Waals surface area contributed by atoms with Crippen LogP contribution in [0.2, 0.25) is 0 Å². The SMILES string of the molecule is CCc1cccc(C(=O)Nc2cc(CCc3cc(OC)cc(OC)c3)n[nH]2)c1N1CCNCC1. The standard InChI is InChI=1S/C26H33N5O3/c1-4-19-6-5-7-23(25(19)31-12-10-27-11-13-31)26(32)28-24-16-20(29-30-24)9-8-18-14-21(33-2)17-22(15-18)34-3/h5-7,14-17,27H,4,8-13H2,1-3H3,(H2,28,29,30,32). The number of methoxy groups -OCH3 is 2. The van der Waals surface area contributed by atoms with E-state index in [0.29, 0.717) is 11.4 Å². The van der Waals surface area contributed by atoms with Crippen LogP contribution in [0.25, 0.3) is 0 Å². The van der Waals surface area contributed by atoms with E-state index in [9.17, 15) is 4.79 Å². The van der Waals surface area contributed by atoms with Crippen LogP contribution in [0.1, 0.15) is 34.1 Å². The molecule has 180 valence electrons. The van der Waals surface area contributed by atoms with Crippen LogP contribution in [0.3, 0.4) is 0 Å². The molecule has 0 radical (unpaired) electrons. The Hall–Kier alpha value is -3.52. The van der Waals surface area contributed by atoms with Crippen molar-refractivity contribution in [3.8, 4) is 11.5 Å². The predicted octanol–water partition coefficient (Wildman–Crippen LogP) is 3.44. The molecule has 1 aliphatic rings. The van der Waals surface area contributed by atoms with Crippen LogP contribution in [0.5, 0.6) is 11.5 Å². The molecule has 2 aromatic carbocycles. The van der Waals surface area contributed by atoms with E-state index >= 15 is 0 Å². The van der Waals surface area contributed by atoms with E-state index in [2.05, 4.69) is 38.7 Å². The molecular formula is C26H33N5O3. The second-order valence-corrected chi connectivity index (χ2v) is 8.35. The van der Waals surface area contributed by atoms with Crippen LogP contribution in [0.15, 0.2) is 42.5 Å². The van der Waals surface area contributed by atoms with Crippen molar-refractivity contribution in [2.45, 2.75) is 26.2 Å². The molecule has 0 unspecified atom stereocenters. The maximum absolute atomic E-state index is 13.2. The molecule has 8 nitrogen and oxygen atoms in total. The summed E-state index contributed by atoms with van der Waals surface area (Å²) >= 11 is 0. The van der Waals surface area contributed by atoms with E-state index in [-0.39, 0.29) is 5.91 Å². The van der Waals surface area contributed by atoms with Crippen molar-refractivity contribution in [1.82, 2.24) is 15.5 Å². The van der Waals surface area contributed by atoms with Gasteiger partial charge in [-0.05, 0) is 48.6 Å². The zero-order valence-corrected chi connectivity index (χ0v) is 20.1. The van der Waals surface area contributed by atoms with Crippen molar-refractivity contribution in [2.24, 2.45) is 0 Å². The molecule has 0 spiro atoms. The van der Waals surface area contributed by atoms with Gasteiger partial charge in [-0.3, -0.25) is 9.89 Å². The highest BCUT2D eigenvalue weighted by Crippen LogP contribution is 2.28. The molecule has 0 saturated carbocycles. The Bertz CT molecular complexity index is 1100. The van der Waals surface area contributed by atoms with Crippen LogP contribution in [0, 0.1) is 0 Å². The number of aromatic nitrogens is 2. The quantitative estimate of drug-likeness (QED) is 0.450. The van der Waals surface area contributed by atoms with E-state index in [0.717, 1.165) is 73.9 Å². The lowest BCUT2D eigenvalue weighted by Gasteiger charge is -2.32. The number of nitrogens with zero attached hydrogens (tertiary/aromatic N) is 2. The maximum atomic E-state index is 13.2. The first-order chi connectivity index (χ1) is 16.6. The van der Waals surface area contributed by atoms with Gasteiger partial charge in [0.2, 0.25) is 0 Å². The summed E-state index contributed by atoms with van der Waals surface area (Å²) in [6.45, 7) is 5.74. The summed E-state index contributed by atoms with van der Waals surface area (Å²) in [4.78, 5) is 15.6. The highest BCUT2D eigenvalue weighted by Gasteiger charge is 2.21. The summed E-state index contributed by atoms with van der Waals surface area (Å²) in [5, 5.41) is 13.7. The highest BCUT2D eigenvalue weighted by molar-refractivity contribution is 6.08. The van der Waals surface area contributed by atoms with E-state index in [1.165, 1.54) is 5.56 Å². The average molecular weight is 464 g/mol. The predicted molar refractivity (Wildman–Crippen MR) is 134 cm³/mol. The number of nitrogens with one attached hydrogen (secondary N) is 3. The summed E-state index contributed by atoms with van der Waals surface area (Å²) in [6.07, 6.45) is 2.38. The monoisotopic (exact) mass is 463 g/mol. The first-order valence-electron chi connectivity index (χ1n) is 11.8. The molecular weight excluding hydrogens is 430 g/mol. The number of carbonyl (C=O) groups excluding carboxylic acids is 1. The van der Waals surface area contributed by atoms with Gasteiger partial charge in [0, 0.05) is 38.3 Å². The fraction of sp³-hybridized carbons (Fsp3) is 0.385. The molecule has 0 atom stereocenters. The molecule has 3 N–H and O–H groups in total. The van der Waals surface area contributed by atoms with Gasteiger partial charge in [0.05, 0.1) is 31.2 Å². The fourth-order valence-corrected chi connectivity index (χ4v) is 4.35. The second-order valence-electron chi connectivity index (χ2n) is 8.35. The summed E-state index contributed by atoms with van der Waals surface area (Å²) in [6, 6.07) is 13.7. The van der Waals surface area contributed by atoms with Gasteiger partial charge in [0.1, 0.15) is 17.3 Å². The number of H-pyrrole nitrogens is 1. The number of benzene rings is 2. The Kier molecular flexibility index (Phi) is 7.69. The molecule has 1 amide bonds. The lowest BCUT2D eigenvalue weighted by Crippen LogP contribution is -2.44. The molecule has 1 saturated heterocycles. The average Bonchev–Trinajstić information content (AvgIpc) is 3.34. The smallest absolute Gasteiger partial charge is 0.258 e. The van der Waals surface area contributed by atoms with Gasteiger partial charge in [-0.1, -0.05) is 19.1 Å². The van der Waals surface area contributed by atoms with Crippen molar-refractivity contribution in [3.05, 3.63) is 64.8 Å². The highest BCUT2D eigenvalue weighted by atomic mass is 16.5. The lowest BCUT2D eigenvalue weighted by molar-refractivity contribution is 0.102. The number of aryl methyl sites for hydroxylation is 3. The first kappa shape index (κ1) is 23.6. The van der Waals surface area contributed by atoms with Crippen LogP contribution >= 0.6 is 0 Å². The normalized spacial score (nSPS) is 13.6. The van der Waals surface area contributed by atoms with Crippen molar-refractivity contribution >= 4 is 17.4 Å². The minimum absolute atomic E-state index is 0.128. The van der Waals surface area contributed by atoms with E-state index in [4.69, 9.17) is 9.47 Å². The maximum Gasteiger partial charge on any atom is 0.258 e. The number of rotatable bonds is 9. The Morgan fingerprint density at radius 1 is 1.06 bits per heavy atom. The van der Waals surface area contributed by atoms with Crippen LogP contribution in [-0.2, 0) is 19.3 Å². The fourth-order valence-electron chi connectivity index (χ4n) is 4.35. The molecule has 4 rings (SSSR count). The summed E-state index contributed by atoms with van der Waals surface area (Å²) in [5.74, 6) is 1.99. The molecule has 8 heteroatoms. The summed E-state index contributed by atoms with van der Waals surface area (Å²) in [5.41, 5.74) is 4.90. The number of aromatic amines is 1. The van der Waals surface area contributed by atoms with Gasteiger partial charge in [-0.2, -0.15) is 5.10 Å². The number of ether oxygens (including phenoxy) is 2. The topological polar surface area (TPSA) is 91.5 Å². The number of carbonyl (C=O) groups is 1. The number of amides is 1. The Labute approximate surface area is 200 Å². The van der Waals surface area contributed by atoms with Crippen molar-refractivity contribution in [2.75, 3.05) is 50.6 Å². The third-order valence-electron chi connectivity index (χ3n) is 6.14. The first-order valence-corrected chi connectivity index (χ1v) is 11.8. The van der Waals surface area contributed by atoms with E-state index in [1.54, 1.807) is 14.2 Å². The zero-order chi connectivity index (χ0) is 23.9. The van der Waals surface area contributed by atoms with Crippen LogP contribution < -0.4 is 25.0 Å². The number of para-hydroxylation sites is 1. The van der Waals surface area contributed by atoms with Gasteiger partial charge in [-0.25, -0.2) is 0 Å². The van der Waals surface area contributed by atoms with Gasteiger partial charge in [0.25, 0.3) is 5.91 Å². The molecule has 1 aromatic heterocycles. The van der Waals surface area contributed by atoms with Crippen molar-refractivity contribution in [3.63, 3.8) is 0 Å². The van der Waals surface area contributed by atoms with Gasteiger partial charge in [-0.15, -0.1) is 0 Å². The minimum Gasteiger partial charge on any atom is -0.497 e. The Balaban J connectivity index is 1.45. The Morgan fingerprint density at radius 2 is 1.79 bits per heavy atom. The molecule has 34 heavy (non-hydrogen) atoms.